The largest absolute Gasteiger partial charge is 0.490 e. The van der Waals surface area contributed by atoms with Gasteiger partial charge in [0, 0.05) is 29.4 Å². The lowest BCUT2D eigenvalue weighted by molar-refractivity contribution is -0.192. The zero-order chi connectivity index (χ0) is 27.7. The van der Waals surface area contributed by atoms with Crippen LogP contribution in [0.3, 0.4) is 0 Å². The van der Waals surface area contributed by atoms with Crippen LogP contribution in [-0.4, -0.2) is 53.2 Å². The molecule has 1 aliphatic carbocycles. The van der Waals surface area contributed by atoms with Gasteiger partial charge < -0.3 is 25.1 Å². The van der Waals surface area contributed by atoms with E-state index in [-0.39, 0.29) is 30.3 Å². The smallest absolute Gasteiger partial charge is 0.490 e. The quantitative estimate of drug-likeness (QED) is 0.601. The van der Waals surface area contributed by atoms with Crippen LogP contribution in [0.25, 0.3) is 11.1 Å². The first-order valence-electron chi connectivity index (χ1n) is 12.0. The maximum atomic E-state index is 10.6. The summed E-state index contributed by atoms with van der Waals surface area (Å²) in [6, 6.07) is 10.3. The van der Waals surface area contributed by atoms with E-state index in [4.69, 9.17) is 34.8 Å². The second-order valence-corrected chi connectivity index (χ2v) is 9.63. The molecule has 0 unspecified atom stereocenters. The molecule has 0 bridgehead atoms. The molecule has 1 fully saturated rings. The van der Waals surface area contributed by atoms with Crippen LogP contribution in [0.4, 0.5) is 13.2 Å². The zero-order valence-electron chi connectivity index (χ0n) is 20.7. The van der Waals surface area contributed by atoms with Crippen molar-refractivity contribution in [3.05, 3.63) is 47.8 Å². The van der Waals surface area contributed by atoms with Gasteiger partial charge in [0.05, 0.1) is 17.8 Å². The summed E-state index contributed by atoms with van der Waals surface area (Å²) in [4.78, 5) is 18.0. The molecular weight excluding hydrogens is 505 g/mol. The SMILES string of the molecule is CC(C)O[C@@H]1CC[C@@H]2Oc3ccc(-c4cncc(C#N)c4)cc3[C@@]3(COC(N)=N3)[C@H]2C1.O=C(O)C(F)(F)F. The van der Waals surface area contributed by atoms with Crippen molar-refractivity contribution < 1.29 is 37.3 Å². The van der Waals surface area contributed by atoms with Crippen molar-refractivity contribution in [3.8, 4) is 22.9 Å². The molecule has 0 saturated heterocycles. The van der Waals surface area contributed by atoms with Crippen LogP contribution in [0.5, 0.6) is 5.75 Å². The third-order valence-corrected chi connectivity index (χ3v) is 6.73. The Morgan fingerprint density at radius 2 is 2.00 bits per heavy atom. The van der Waals surface area contributed by atoms with Crippen molar-refractivity contribution >= 4 is 12.0 Å². The van der Waals surface area contributed by atoms with Crippen molar-refractivity contribution in [1.29, 1.82) is 5.26 Å². The number of hydrogen-bond donors (Lipinski definition) is 2. The van der Waals surface area contributed by atoms with Gasteiger partial charge in [-0.05, 0) is 56.9 Å². The van der Waals surface area contributed by atoms with E-state index >= 15 is 0 Å². The van der Waals surface area contributed by atoms with E-state index in [0.29, 0.717) is 12.2 Å². The fourth-order valence-corrected chi connectivity index (χ4v) is 5.20. The van der Waals surface area contributed by atoms with Crippen LogP contribution < -0.4 is 10.5 Å². The standard InChI is InChI=1S/C24H26N4O3.C2HF3O2/c1-14(2)30-18-4-6-22-20(9-18)24(13-29-23(26)28-24)19-8-16(3-5-21(19)31-22)17-7-15(10-25)11-27-12-17;3-2(4,5)1(6)7/h3,5,7-8,11-12,14,18,20,22H,4,6,9,13H2,1-2H3,(H2,26,28);(H,6,7)/t18-,20+,22+,24+;/m1./s1. The highest BCUT2D eigenvalue weighted by Gasteiger charge is 2.55. The van der Waals surface area contributed by atoms with Crippen molar-refractivity contribution in [2.45, 2.75) is 63.1 Å². The van der Waals surface area contributed by atoms with Gasteiger partial charge in [0.25, 0.3) is 6.02 Å². The van der Waals surface area contributed by atoms with Gasteiger partial charge in [-0.1, -0.05) is 6.07 Å². The highest BCUT2D eigenvalue weighted by Crippen LogP contribution is 2.53. The Bertz CT molecular complexity index is 1280. The highest BCUT2D eigenvalue weighted by molar-refractivity contribution is 5.75. The van der Waals surface area contributed by atoms with Crippen LogP contribution in [0.2, 0.25) is 0 Å². The Hall–Kier alpha value is -3.85. The van der Waals surface area contributed by atoms with E-state index in [1.807, 2.05) is 18.2 Å². The molecule has 9 nitrogen and oxygen atoms in total. The average molecular weight is 533 g/mol. The molecule has 0 amide bonds. The van der Waals surface area contributed by atoms with Crippen LogP contribution in [-0.2, 0) is 19.8 Å². The molecule has 202 valence electrons. The van der Waals surface area contributed by atoms with Crippen LogP contribution in [0.1, 0.15) is 44.2 Å². The number of halogens is 3. The molecule has 1 spiro atoms. The first-order valence-corrected chi connectivity index (χ1v) is 12.0. The van der Waals surface area contributed by atoms with E-state index in [0.717, 1.165) is 41.7 Å². The minimum absolute atomic E-state index is 0.0483. The number of carbonyl (C=O) groups is 1. The topological polar surface area (TPSA) is 140 Å². The number of nitrogens with zero attached hydrogens (tertiary/aromatic N) is 3. The van der Waals surface area contributed by atoms with Gasteiger partial charge in [0.1, 0.15) is 30.1 Å². The molecule has 1 aromatic carbocycles. The lowest BCUT2D eigenvalue weighted by Gasteiger charge is -2.48. The van der Waals surface area contributed by atoms with E-state index in [9.17, 15) is 18.4 Å². The second-order valence-electron chi connectivity index (χ2n) is 9.63. The van der Waals surface area contributed by atoms with E-state index in [1.54, 1.807) is 12.4 Å². The lowest BCUT2D eigenvalue weighted by Crippen LogP contribution is -2.52. The van der Waals surface area contributed by atoms with Gasteiger partial charge in [0.15, 0.2) is 0 Å². The number of nitrogens with two attached hydrogens (primary N) is 1. The van der Waals surface area contributed by atoms with Crippen molar-refractivity contribution in [3.63, 3.8) is 0 Å². The molecule has 2 aromatic rings. The summed E-state index contributed by atoms with van der Waals surface area (Å²) in [6.07, 6.45) is 1.35. The van der Waals surface area contributed by atoms with Gasteiger partial charge in [-0.25, -0.2) is 9.79 Å². The number of fused-ring (bicyclic) bond motifs is 4. The summed E-state index contributed by atoms with van der Waals surface area (Å²) in [6.45, 7) is 4.53. The number of carboxylic acids is 1. The molecule has 2 aliphatic heterocycles. The number of carboxylic acid groups (broad SMARTS) is 1. The maximum Gasteiger partial charge on any atom is 0.490 e. The predicted octanol–water partition coefficient (Wildman–Crippen LogP) is 4.15. The number of nitriles is 1. The van der Waals surface area contributed by atoms with Gasteiger partial charge in [-0.15, -0.1) is 0 Å². The Kier molecular flexibility index (Phi) is 7.51. The summed E-state index contributed by atoms with van der Waals surface area (Å²) in [5.41, 5.74) is 8.75. The molecule has 1 saturated carbocycles. The van der Waals surface area contributed by atoms with Gasteiger partial charge >= 0.3 is 12.1 Å². The molecule has 3 heterocycles. The number of pyridine rings is 1. The summed E-state index contributed by atoms with van der Waals surface area (Å²) >= 11 is 0. The van der Waals surface area contributed by atoms with Crippen LogP contribution in [0.15, 0.2) is 41.7 Å². The Morgan fingerprint density at radius 1 is 1.26 bits per heavy atom. The third kappa shape index (κ3) is 5.52. The van der Waals surface area contributed by atoms with Gasteiger partial charge in [0.2, 0.25) is 0 Å². The zero-order valence-corrected chi connectivity index (χ0v) is 20.7. The first-order chi connectivity index (χ1) is 17.9. The Balaban J connectivity index is 0.000000426. The molecule has 3 N–H and O–H groups in total. The fourth-order valence-electron chi connectivity index (χ4n) is 5.20. The molecule has 12 heteroatoms. The Morgan fingerprint density at radius 3 is 2.61 bits per heavy atom. The molecule has 4 atom stereocenters. The number of alkyl halides is 3. The molecular formula is C26H27F3N4O5. The highest BCUT2D eigenvalue weighted by atomic mass is 19.4. The van der Waals surface area contributed by atoms with Crippen molar-refractivity contribution in [2.75, 3.05) is 6.61 Å². The van der Waals surface area contributed by atoms with E-state index in [1.165, 1.54) is 0 Å². The average Bonchev–Trinajstić information content (AvgIpc) is 3.26. The number of benzene rings is 1. The summed E-state index contributed by atoms with van der Waals surface area (Å²) < 4.78 is 50.1. The molecule has 5 rings (SSSR count). The summed E-state index contributed by atoms with van der Waals surface area (Å²) in [5.74, 6) is -1.83. The Labute approximate surface area is 217 Å². The summed E-state index contributed by atoms with van der Waals surface area (Å²) in [5, 5.41) is 16.4. The molecule has 0 radical (unpaired) electrons. The number of rotatable bonds is 3. The van der Waals surface area contributed by atoms with E-state index in [2.05, 4.69) is 31.0 Å². The molecule has 1 aromatic heterocycles. The first kappa shape index (κ1) is 27.2. The van der Waals surface area contributed by atoms with Crippen molar-refractivity contribution in [2.24, 2.45) is 16.6 Å². The minimum Gasteiger partial charge on any atom is -0.490 e. The number of aliphatic carboxylic acids is 1. The predicted molar refractivity (Wildman–Crippen MR) is 129 cm³/mol. The number of hydrogen-bond acceptors (Lipinski definition) is 8. The number of aliphatic imine (C=N–C) groups is 1. The normalized spacial score (nSPS) is 25.6. The monoisotopic (exact) mass is 532 g/mol. The fraction of sp³-hybridized carbons (Fsp3) is 0.462. The number of aromatic nitrogens is 1. The van der Waals surface area contributed by atoms with E-state index < -0.39 is 17.7 Å². The van der Waals surface area contributed by atoms with Crippen LogP contribution >= 0.6 is 0 Å². The molecule has 3 aliphatic rings. The van der Waals surface area contributed by atoms with Gasteiger partial charge in [-0.3, -0.25) is 4.98 Å². The van der Waals surface area contributed by atoms with Gasteiger partial charge in [-0.2, -0.15) is 18.4 Å². The lowest BCUT2D eigenvalue weighted by atomic mass is 9.67. The minimum atomic E-state index is -5.08. The molecule has 38 heavy (non-hydrogen) atoms. The third-order valence-electron chi connectivity index (χ3n) is 6.73. The number of ether oxygens (including phenoxy) is 3. The van der Waals surface area contributed by atoms with Crippen molar-refractivity contribution in [1.82, 2.24) is 4.98 Å². The maximum absolute atomic E-state index is 10.6. The summed E-state index contributed by atoms with van der Waals surface area (Å²) in [7, 11) is 0. The second kappa shape index (κ2) is 10.5. The van der Waals surface area contributed by atoms with Crippen LogP contribution in [0, 0.1) is 17.2 Å². The number of amidine groups is 1.